The Bertz CT molecular complexity index is 665. The van der Waals surface area contributed by atoms with Gasteiger partial charge in [0, 0.05) is 11.3 Å². The number of halogens is 1. The highest BCUT2D eigenvalue weighted by Crippen LogP contribution is 2.22. The molecule has 3 rings (SSSR count). The Kier molecular flexibility index (Phi) is 2.94. The second-order valence-corrected chi connectivity index (χ2v) is 3.91. The number of rotatable bonds is 3. The number of benzene rings is 2. The average molecular weight is 255 g/mol. The van der Waals surface area contributed by atoms with Gasteiger partial charge in [-0.05, 0) is 36.4 Å². The van der Waals surface area contributed by atoms with Gasteiger partial charge in [-0.2, -0.15) is 0 Å². The lowest BCUT2D eigenvalue weighted by molar-refractivity contribution is 0.587. The van der Waals surface area contributed by atoms with Crippen molar-refractivity contribution in [2.24, 2.45) is 0 Å². The first-order valence-electron chi connectivity index (χ1n) is 5.73. The van der Waals surface area contributed by atoms with Gasteiger partial charge in [0.25, 0.3) is 0 Å². The van der Waals surface area contributed by atoms with Crippen LogP contribution in [-0.2, 0) is 0 Å². The van der Waals surface area contributed by atoms with Crippen LogP contribution in [0, 0.1) is 5.82 Å². The molecule has 0 aliphatic heterocycles. The van der Waals surface area contributed by atoms with Crippen LogP contribution in [0.2, 0.25) is 0 Å². The lowest BCUT2D eigenvalue weighted by Gasteiger charge is -1.99. The lowest BCUT2D eigenvalue weighted by Crippen LogP contribution is -1.88. The Morgan fingerprint density at radius 1 is 0.895 bits per heavy atom. The summed E-state index contributed by atoms with van der Waals surface area (Å²) in [6, 6.07) is 15.7. The van der Waals surface area contributed by atoms with E-state index < -0.39 is 0 Å². The zero-order valence-corrected chi connectivity index (χ0v) is 9.88. The zero-order chi connectivity index (χ0) is 13.1. The summed E-state index contributed by atoms with van der Waals surface area (Å²) in [7, 11) is 0. The fourth-order valence-electron chi connectivity index (χ4n) is 1.63. The molecule has 0 unspecified atom stereocenters. The number of hydrogen-bond donors (Lipinski definition) is 1. The minimum Gasteiger partial charge on any atom is -0.403 e. The summed E-state index contributed by atoms with van der Waals surface area (Å²) >= 11 is 0. The van der Waals surface area contributed by atoms with Crippen LogP contribution in [0.15, 0.2) is 59.0 Å². The highest BCUT2D eigenvalue weighted by molar-refractivity contribution is 5.56. The van der Waals surface area contributed by atoms with Gasteiger partial charge in [-0.25, -0.2) is 4.39 Å². The van der Waals surface area contributed by atoms with Crippen LogP contribution in [0.25, 0.3) is 11.5 Å². The van der Waals surface area contributed by atoms with Crippen molar-refractivity contribution in [2.45, 2.75) is 0 Å². The van der Waals surface area contributed by atoms with E-state index in [9.17, 15) is 4.39 Å². The molecule has 0 saturated carbocycles. The molecule has 0 fully saturated rings. The fourth-order valence-corrected chi connectivity index (χ4v) is 1.63. The van der Waals surface area contributed by atoms with Crippen molar-refractivity contribution < 1.29 is 8.81 Å². The Morgan fingerprint density at radius 2 is 1.63 bits per heavy atom. The number of aromatic nitrogens is 2. The third kappa shape index (κ3) is 2.60. The summed E-state index contributed by atoms with van der Waals surface area (Å²) in [6.45, 7) is 0. The predicted octanol–water partition coefficient (Wildman–Crippen LogP) is 3.62. The van der Waals surface area contributed by atoms with E-state index >= 15 is 0 Å². The van der Waals surface area contributed by atoms with Crippen LogP contribution in [-0.4, -0.2) is 10.2 Å². The lowest BCUT2D eigenvalue weighted by atomic mass is 10.2. The van der Waals surface area contributed by atoms with E-state index in [1.807, 2.05) is 30.3 Å². The smallest absolute Gasteiger partial charge is 0.320 e. The molecule has 5 heteroatoms. The molecule has 0 bridgehead atoms. The molecule has 4 nitrogen and oxygen atoms in total. The summed E-state index contributed by atoms with van der Waals surface area (Å²) in [5, 5.41) is 10.8. The number of nitrogens with one attached hydrogen (secondary N) is 1. The van der Waals surface area contributed by atoms with Crippen LogP contribution in [0.4, 0.5) is 16.1 Å². The standard InChI is InChI=1S/C14H10FN3O/c15-11-8-6-10(7-9-11)13-17-18-14(19-13)16-12-4-2-1-3-5-12/h1-9H,(H,16,18). The van der Waals surface area contributed by atoms with Crippen molar-refractivity contribution in [1.29, 1.82) is 0 Å². The molecule has 1 heterocycles. The van der Waals surface area contributed by atoms with Gasteiger partial charge in [-0.3, -0.25) is 0 Å². The minimum absolute atomic E-state index is 0.297. The maximum atomic E-state index is 12.8. The summed E-state index contributed by atoms with van der Waals surface area (Å²) in [5.74, 6) is 0.0457. The molecular formula is C14H10FN3O. The molecule has 0 aliphatic rings. The summed E-state index contributed by atoms with van der Waals surface area (Å²) in [5.41, 5.74) is 1.53. The van der Waals surface area contributed by atoms with Gasteiger partial charge in [0.05, 0.1) is 0 Å². The first-order valence-corrected chi connectivity index (χ1v) is 5.73. The van der Waals surface area contributed by atoms with Crippen LogP contribution < -0.4 is 5.32 Å². The molecule has 0 aliphatic carbocycles. The third-order valence-corrected chi connectivity index (χ3v) is 2.54. The minimum atomic E-state index is -0.300. The highest BCUT2D eigenvalue weighted by Gasteiger charge is 2.08. The molecule has 0 spiro atoms. The fraction of sp³-hybridized carbons (Fsp3) is 0. The summed E-state index contributed by atoms with van der Waals surface area (Å²) in [6.07, 6.45) is 0. The number of para-hydroxylation sites is 1. The van der Waals surface area contributed by atoms with Crippen LogP contribution in [0.5, 0.6) is 0 Å². The van der Waals surface area contributed by atoms with Gasteiger partial charge in [0.1, 0.15) is 5.82 Å². The molecule has 0 radical (unpaired) electrons. The Labute approximate surface area is 108 Å². The molecule has 3 aromatic rings. The largest absolute Gasteiger partial charge is 0.403 e. The van der Waals surface area contributed by atoms with Gasteiger partial charge in [0.2, 0.25) is 5.89 Å². The quantitative estimate of drug-likeness (QED) is 0.776. The maximum Gasteiger partial charge on any atom is 0.320 e. The van der Waals surface area contributed by atoms with Gasteiger partial charge >= 0.3 is 6.01 Å². The number of nitrogens with zero attached hydrogens (tertiary/aromatic N) is 2. The molecule has 0 atom stereocenters. The van der Waals surface area contributed by atoms with Gasteiger partial charge in [0.15, 0.2) is 0 Å². The Balaban J connectivity index is 1.82. The van der Waals surface area contributed by atoms with E-state index in [1.165, 1.54) is 12.1 Å². The number of hydrogen-bond acceptors (Lipinski definition) is 4. The van der Waals surface area contributed by atoms with E-state index in [1.54, 1.807) is 12.1 Å². The van der Waals surface area contributed by atoms with Gasteiger partial charge in [-0.15, -0.1) is 5.10 Å². The van der Waals surface area contributed by atoms with Crippen molar-refractivity contribution in [1.82, 2.24) is 10.2 Å². The predicted molar refractivity (Wildman–Crippen MR) is 69.4 cm³/mol. The van der Waals surface area contributed by atoms with Crippen LogP contribution in [0.1, 0.15) is 0 Å². The van der Waals surface area contributed by atoms with Crippen LogP contribution in [0.3, 0.4) is 0 Å². The van der Waals surface area contributed by atoms with E-state index in [-0.39, 0.29) is 5.82 Å². The van der Waals surface area contributed by atoms with E-state index in [2.05, 4.69) is 15.5 Å². The molecule has 0 saturated heterocycles. The van der Waals surface area contributed by atoms with Gasteiger partial charge < -0.3 is 9.73 Å². The number of anilines is 2. The van der Waals surface area contributed by atoms with E-state index in [0.29, 0.717) is 17.5 Å². The molecule has 94 valence electrons. The monoisotopic (exact) mass is 255 g/mol. The maximum absolute atomic E-state index is 12.8. The summed E-state index contributed by atoms with van der Waals surface area (Å²) < 4.78 is 18.3. The molecule has 0 amide bonds. The molecule has 1 N–H and O–H groups in total. The molecule has 1 aromatic heterocycles. The van der Waals surface area contributed by atoms with Crippen molar-refractivity contribution in [3.05, 3.63) is 60.4 Å². The molecule has 2 aromatic carbocycles. The zero-order valence-electron chi connectivity index (χ0n) is 9.88. The summed E-state index contributed by atoms with van der Waals surface area (Å²) in [4.78, 5) is 0. The normalized spacial score (nSPS) is 10.4. The van der Waals surface area contributed by atoms with E-state index in [0.717, 1.165) is 5.69 Å². The van der Waals surface area contributed by atoms with Crippen molar-refractivity contribution in [3.63, 3.8) is 0 Å². The second-order valence-electron chi connectivity index (χ2n) is 3.91. The van der Waals surface area contributed by atoms with Crippen molar-refractivity contribution >= 4 is 11.7 Å². The van der Waals surface area contributed by atoms with E-state index in [4.69, 9.17) is 4.42 Å². The first kappa shape index (κ1) is 11.4. The second kappa shape index (κ2) is 4.89. The average Bonchev–Trinajstić information content (AvgIpc) is 2.89. The first-order chi connectivity index (χ1) is 9.31. The highest BCUT2D eigenvalue weighted by atomic mass is 19.1. The Morgan fingerprint density at radius 3 is 2.37 bits per heavy atom. The SMILES string of the molecule is Fc1ccc(-c2nnc(Nc3ccccc3)o2)cc1. The third-order valence-electron chi connectivity index (χ3n) is 2.54. The van der Waals surface area contributed by atoms with Crippen molar-refractivity contribution in [2.75, 3.05) is 5.32 Å². The van der Waals surface area contributed by atoms with Gasteiger partial charge in [-0.1, -0.05) is 23.3 Å². The molecular weight excluding hydrogens is 245 g/mol. The Hall–Kier alpha value is -2.69. The van der Waals surface area contributed by atoms with Crippen LogP contribution >= 0.6 is 0 Å². The topological polar surface area (TPSA) is 51.0 Å². The molecule has 19 heavy (non-hydrogen) atoms. The van der Waals surface area contributed by atoms with Crippen molar-refractivity contribution in [3.8, 4) is 11.5 Å².